The summed E-state index contributed by atoms with van der Waals surface area (Å²) in [5, 5.41) is 3.14. The van der Waals surface area contributed by atoms with Crippen LogP contribution in [0.1, 0.15) is 18.7 Å². The normalized spacial score (nSPS) is 12.4. The van der Waals surface area contributed by atoms with Crippen LogP contribution in [0.2, 0.25) is 0 Å². The van der Waals surface area contributed by atoms with Gasteiger partial charge in [-0.3, -0.25) is 14.3 Å². The van der Waals surface area contributed by atoms with E-state index in [-0.39, 0.29) is 11.2 Å². The Kier molecular flexibility index (Phi) is 4.18. The molecule has 0 aliphatic rings. The van der Waals surface area contributed by atoms with Crippen molar-refractivity contribution in [2.24, 2.45) is 0 Å². The number of hydrogen-bond acceptors (Lipinski definition) is 3. The van der Waals surface area contributed by atoms with Crippen molar-refractivity contribution in [1.82, 2.24) is 14.2 Å². The van der Waals surface area contributed by atoms with Gasteiger partial charge >= 0.3 is 0 Å². The Morgan fingerprint density at radius 1 is 1.14 bits per heavy atom. The van der Waals surface area contributed by atoms with Crippen LogP contribution in [0, 0.1) is 18.6 Å². The van der Waals surface area contributed by atoms with Gasteiger partial charge in [0.25, 0.3) is 5.56 Å². The third kappa shape index (κ3) is 2.83. The number of carbonyl (C=O) groups is 1. The summed E-state index contributed by atoms with van der Waals surface area (Å²) in [6, 6.07) is 10.7. The summed E-state index contributed by atoms with van der Waals surface area (Å²) >= 11 is 0. The molecule has 0 fully saturated rings. The molecule has 0 radical (unpaired) electrons. The number of hydrogen-bond donors (Lipinski definition) is 1. The van der Waals surface area contributed by atoms with E-state index in [0.717, 1.165) is 18.2 Å². The molecule has 2 aromatic heterocycles. The number of amides is 1. The Bertz CT molecular complexity index is 1290. The SMILES string of the molecule is Cc1cc(=O)nc2c3ccccc3n([C@@H](C)C(=O)Nc3cc(F)ccc3F)n12. The van der Waals surface area contributed by atoms with Crippen LogP contribution < -0.4 is 10.9 Å². The van der Waals surface area contributed by atoms with E-state index in [4.69, 9.17) is 0 Å². The van der Waals surface area contributed by atoms with Crippen molar-refractivity contribution in [2.75, 3.05) is 5.32 Å². The van der Waals surface area contributed by atoms with Gasteiger partial charge in [0, 0.05) is 23.2 Å². The molecule has 0 aliphatic heterocycles. The Morgan fingerprint density at radius 2 is 1.89 bits per heavy atom. The first-order chi connectivity index (χ1) is 13.4. The first-order valence-electron chi connectivity index (χ1n) is 8.62. The van der Waals surface area contributed by atoms with Crippen LogP contribution in [0.5, 0.6) is 0 Å². The zero-order chi connectivity index (χ0) is 20.0. The quantitative estimate of drug-likeness (QED) is 0.590. The van der Waals surface area contributed by atoms with E-state index < -0.39 is 23.6 Å². The minimum absolute atomic E-state index is 0.237. The zero-order valence-corrected chi connectivity index (χ0v) is 15.1. The van der Waals surface area contributed by atoms with Crippen LogP contribution in [0.25, 0.3) is 16.6 Å². The molecule has 0 saturated carbocycles. The van der Waals surface area contributed by atoms with E-state index >= 15 is 0 Å². The van der Waals surface area contributed by atoms with Crippen LogP contribution in [0.3, 0.4) is 0 Å². The Labute approximate surface area is 158 Å². The van der Waals surface area contributed by atoms with Crippen LogP contribution >= 0.6 is 0 Å². The smallest absolute Gasteiger partial charge is 0.273 e. The van der Waals surface area contributed by atoms with E-state index in [2.05, 4.69) is 10.3 Å². The molecule has 1 N–H and O–H groups in total. The predicted molar refractivity (Wildman–Crippen MR) is 101 cm³/mol. The molecule has 4 aromatic rings. The number of para-hydroxylation sites is 1. The molecule has 0 bridgehead atoms. The number of aromatic nitrogens is 3. The fourth-order valence-corrected chi connectivity index (χ4v) is 3.33. The minimum atomic E-state index is -0.798. The summed E-state index contributed by atoms with van der Waals surface area (Å²) in [6.45, 7) is 3.37. The van der Waals surface area contributed by atoms with Gasteiger partial charge in [-0.2, -0.15) is 4.98 Å². The number of benzene rings is 2. The van der Waals surface area contributed by atoms with Gasteiger partial charge in [-0.05, 0) is 38.1 Å². The maximum absolute atomic E-state index is 13.9. The number of carbonyl (C=O) groups excluding carboxylic acids is 1. The summed E-state index contributed by atoms with van der Waals surface area (Å²) in [7, 11) is 0. The number of fused-ring (bicyclic) bond motifs is 3. The average Bonchev–Trinajstić information content (AvgIpc) is 2.99. The predicted octanol–water partition coefficient (Wildman–Crippen LogP) is 3.44. The maximum atomic E-state index is 13.9. The number of halogens is 2. The van der Waals surface area contributed by atoms with Crippen LogP contribution in [0.15, 0.2) is 53.3 Å². The highest BCUT2D eigenvalue weighted by Crippen LogP contribution is 2.26. The minimum Gasteiger partial charge on any atom is -0.322 e. The molecule has 142 valence electrons. The number of nitrogens with zero attached hydrogens (tertiary/aromatic N) is 3. The van der Waals surface area contributed by atoms with Crippen molar-refractivity contribution in [3.05, 3.63) is 76.2 Å². The molecule has 6 nitrogen and oxygen atoms in total. The summed E-state index contributed by atoms with van der Waals surface area (Å²) in [6.07, 6.45) is 0. The lowest BCUT2D eigenvalue weighted by atomic mass is 10.2. The third-order valence-electron chi connectivity index (χ3n) is 4.62. The maximum Gasteiger partial charge on any atom is 0.273 e. The number of aryl methyl sites for hydroxylation is 1. The topological polar surface area (TPSA) is 68.4 Å². The van der Waals surface area contributed by atoms with Gasteiger partial charge in [0.15, 0.2) is 5.65 Å². The fraction of sp³-hybridized carbons (Fsp3) is 0.150. The lowest BCUT2D eigenvalue weighted by molar-refractivity contribution is -0.119. The molecular formula is C20H16F2N4O2. The van der Waals surface area contributed by atoms with Crippen molar-refractivity contribution in [3.63, 3.8) is 0 Å². The molecule has 8 heteroatoms. The van der Waals surface area contributed by atoms with Gasteiger partial charge in [-0.1, -0.05) is 12.1 Å². The average molecular weight is 382 g/mol. The van der Waals surface area contributed by atoms with E-state index in [1.54, 1.807) is 29.1 Å². The van der Waals surface area contributed by atoms with Gasteiger partial charge in [-0.15, -0.1) is 0 Å². The number of anilines is 1. The highest BCUT2D eigenvalue weighted by atomic mass is 19.1. The zero-order valence-electron chi connectivity index (χ0n) is 15.1. The third-order valence-corrected chi connectivity index (χ3v) is 4.62. The van der Waals surface area contributed by atoms with Crippen molar-refractivity contribution in [2.45, 2.75) is 19.9 Å². The molecule has 1 atom stereocenters. The standard InChI is InChI=1S/C20H16F2N4O2/c1-11-9-18(27)24-19-14-5-3-4-6-17(14)26(25(11)19)12(2)20(28)23-16-10-13(21)7-8-15(16)22/h3-10,12H,1-2H3,(H,23,28)/t12-/m0/s1. The van der Waals surface area contributed by atoms with Crippen LogP contribution in [-0.2, 0) is 4.79 Å². The molecule has 4 rings (SSSR count). The second-order valence-electron chi connectivity index (χ2n) is 6.52. The molecule has 0 aliphatic carbocycles. The van der Waals surface area contributed by atoms with Crippen molar-refractivity contribution >= 4 is 28.1 Å². The summed E-state index contributed by atoms with van der Waals surface area (Å²) < 4.78 is 30.7. The first-order valence-corrected chi connectivity index (χ1v) is 8.62. The molecule has 1 amide bonds. The molecular weight excluding hydrogens is 366 g/mol. The highest BCUT2D eigenvalue weighted by molar-refractivity contribution is 5.97. The van der Waals surface area contributed by atoms with Crippen LogP contribution in [0.4, 0.5) is 14.5 Å². The molecule has 28 heavy (non-hydrogen) atoms. The number of nitrogens with one attached hydrogen (secondary N) is 1. The fourth-order valence-electron chi connectivity index (χ4n) is 3.33. The van der Waals surface area contributed by atoms with E-state index in [1.165, 1.54) is 6.07 Å². The Hall–Kier alpha value is -3.55. The lowest BCUT2D eigenvalue weighted by Gasteiger charge is -2.18. The first kappa shape index (κ1) is 17.8. The second-order valence-corrected chi connectivity index (χ2v) is 6.52. The van der Waals surface area contributed by atoms with E-state index in [1.807, 2.05) is 18.2 Å². The summed E-state index contributed by atoms with van der Waals surface area (Å²) in [5.41, 5.74) is 1.10. The molecule has 2 aromatic carbocycles. The van der Waals surface area contributed by atoms with Crippen molar-refractivity contribution < 1.29 is 13.6 Å². The van der Waals surface area contributed by atoms with Crippen LogP contribution in [-0.4, -0.2) is 20.1 Å². The molecule has 0 saturated heterocycles. The van der Waals surface area contributed by atoms with Gasteiger partial charge in [-0.25, -0.2) is 13.3 Å². The highest BCUT2D eigenvalue weighted by Gasteiger charge is 2.23. The molecule has 0 spiro atoms. The Morgan fingerprint density at radius 3 is 2.68 bits per heavy atom. The Balaban J connectivity index is 1.86. The van der Waals surface area contributed by atoms with E-state index in [9.17, 15) is 18.4 Å². The second kappa shape index (κ2) is 6.56. The summed E-state index contributed by atoms with van der Waals surface area (Å²) in [4.78, 5) is 28.8. The van der Waals surface area contributed by atoms with Gasteiger partial charge in [0.1, 0.15) is 17.7 Å². The lowest BCUT2D eigenvalue weighted by Crippen LogP contribution is -2.27. The monoisotopic (exact) mass is 382 g/mol. The van der Waals surface area contributed by atoms with Gasteiger partial charge < -0.3 is 5.32 Å². The van der Waals surface area contributed by atoms with Crippen molar-refractivity contribution in [1.29, 1.82) is 0 Å². The van der Waals surface area contributed by atoms with Gasteiger partial charge in [0.2, 0.25) is 5.91 Å². The van der Waals surface area contributed by atoms with E-state index in [0.29, 0.717) is 22.2 Å². The largest absolute Gasteiger partial charge is 0.322 e. The summed E-state index contributed by atoms with van der Waals surface area (Å²) in [5.74, 6) is -1.92. The van der Waals surface area contributed by atoms with Gasteiger partial charge in [0.05, 0.1) is 11.2 Å². The van der Waals surface area contributed by atoms with Crippen molar-refractivity contribution in [3.8, 4) is 0 Å². The molecule has 2 heterocycles. The molecule has 0 unspecified atom stereocenters. The number of rotatable bonds is 3.